The lowest BCUT2D eigenvalue weighted by Gasteiger charge is -2.26. The predicted molar refractivity (Wildman–Crippen MR) is 101 cm³/mol. The molecule has 2 rings (SSSR count). The molecule has 140 valence electrons. The highest BCUT2D eigenvalue weighted by molar-refractivity contribution is 6.30. The van der Waals surface area contributed by atoms with Crippen LogP contribution in [0.5, 0.6) is 5.75 Å². The Morgan fingerprint density at radius 1 is 1.11 bits per heavy atom. The summed E-state index contributed by atoms with van der Waals surface area (Å²) in [4.78, 5) is 24.6. The van der Waals surface area contributed by atoms with Crippen molar-refractivity contribution in [3.8, 4) is 11.8 Å². The Hall–Kier alpha value is -3.04. The van der Waals surface area contributed by atoms with Crippen LogP contribution < -0.4 is 10.1 Å². The second-order valence-corrected chi connectivity index (χ2v) is 6.73. The van der Waals surface area contributed by atoms with Crippen LogP contribution in [0.25, 0.3) is 0 Å². The lowest BCUT2D eigenvalue weighted by molar-refractivity contribution is -0.166. The normalized spacial score (nSPS) is 11.8. The van der Waals surface area contributed by atoms with E-state index in [0.717, 1.165) is 0 Å². The van der Waals surface area contributed by atoms with Gasteiger partial charge in [-0.3, -0.25) is 4.79 Å². The molecule has 0 radical (unpaired) electrons. The van der Waals surface area contributed by atoms with E-state index in [0.29, 0.717) is 22.0 Å². The summed E-state index contributed by atoms with van der Waals surface area (Å²) in [7, 11) is 0. The standard InChI is InChI=1S/C20H19ClN2O4/c1-13(18(24)23-16-8-4-14(12-22)5-9-16)26-19(25)20(2,3)27-17-10-6-15(21)7-11-17/h4-11,13H,1-3H3,(H,23,24)/t13-/m0/s1. The van der Waals surface area contributed by atoms with Crippen molar-refractivity contribution >= 4 is 29.2 Å². The Labute approximate surface area is 162 Å². The fourth-order valence-electron chi connectivity index (χ4n) is 2.07. The van der Waals surface area contributed by atoms with Crippen molar-refractivity contribution in [3.05, 3.63) is 59.1 Å². The molecule has 27 heavy (non-hydrogen) atoms. The number of anilines is 1. The van der Waals surface area contributed by atoms with Crippen LogP contribution in [0.2, 0.25) is 5.02 Å². The number of nitriles is 1. The minimum absolute atomic E-state index is 0.455. The highest BCUT2D eigenvalue weighted by atomic mass is 35.5. The smallest absolute Gasteiger partial charge is 0.350 e. The summed E-state index contributed by atoms with van der Waals surface area (Å²) in [6.45, 7) is 4.57. The summed E-state index contributed by atoms with van der Waals surface area (Å²) in [5.41, 5.74) is -0.316. The van der Waals surface area contributed by atoms with Gasteiger partial charge in [-0.2, -0.15) is 5.26 Å². The Morgan fingerprint density at radius 2 is 1.70 bits per heavy atom. The maximum Gasteiger partial charge on any atom is 0.350 e. The van der Waals surface area contributed by atoms with E-state index in [4.69, 9.17) is 26.3 Å². The third-order valence-corrected chi connectivity index (χ3v) is 3.86. The van der Waals surface area contributed by atoms with Gasteiger partial charge in [-0.1, -0.05) is 11.6 Å². The molecule has 0 aliphatic rings. The molecule has 0 aliphatic carbocycles. The van der Waals surface area contributed by atoms with Crippen LogP contribution in [0, 0.1) is 11.3 Å². The number of carbonyl (C=O) groups excluding carboxylic acids is 2. The van der Waals surface area contributed by atoms with Crippen LogP contribution in [-0.4, -0.2) is 23.6 Å². The second kappa shape index (κ2) is 8.56. The molecule has 0 bridgehead atoms. The van der Waals surface area contributed by atoms with Crippen molar-refractivity contribution in [2.24, 2.45) is 0 Å². The van der Waals surface area contributed by atoms with Gasteiger partial charge in [0.15, 0.2) is 11.7 Å². The molecular weight excluding hydrogens is 368 g/mol. The van der Waals surface area contributed by atoms with Crippen molar-refractivity contribution < 1.29 is 19.1 Å². The van der Waals surface area contributed by atoms with E-state index in [1.54, 1.807) is 62.4 Å². The van der Waals surface area contributed by atoms with Gasteiger partial charge in [0.1, 0.15) is 5.75 Å². The van der Waals surface area contributed by atoms with Crippen molar-refractivity contribution in [3.63, 3.8) is 0 Å². The van der Waals surface area contributed by atoms with Gasteiger partial charge in [0.05, 0.1) is 11.6 Å². The first kappa shape index (κ1) is 20.3. The first-order chi connectivity index (χ1) is 12.7. The summed E-state index contributed by atoms with van der Waals surface area (Å²) in [6, 6.07) is 14.9. The molecule has 0 fully saturated rings. The number of hydrogen-bond donors (Lipinski definition) is 1. The van der Waals surface area contributed by atoms with E-state index in [2.05, 4.69) is 5.32 Å². The lowest BCUT2D eigenvalue weighted by atomic mass is 10.1. The number of ether oxygens (including phenoxy) is 2. The van der Waals surface area contributed by atoms with Gasteiger partial charge < -0.3 is 14.8 Å². The molecule has 0 unspecified atom stereocenters. The Morgan fingerprint density at radius 3 is 2.26 bits per heavy atom. The molecule has 6 nitrogen and oxygen atoms in total. The van der Waals surface area contributed by atoms with E-state index >= 15 is 0 Å². The molecule has 2 aromatic rings. The zero-order chi connectivity index (χ0) is 20.0. The number of benzene rings is 2. The number of halogens is 1. The topological polar surface area (TPSA) is 88.4 Å². The summed E-state index contributed by atoms with van der Waals surface area (Å²) in [6.07, 6.45) is -1.03. The van der Waals surface area contributed by atoms with Crippen molar-refractivity contribution in [2.45, 2.75) is 32.5 Å². The maximum atomic E-state index is 12.4. The molecule has 2 aromatic carbocycles. The monoisotopic (exact) mass is 386 g/mol. The van der Waals surface area contributed by atoms with Crippen LogP contribution in [0.1, 0.15) is 26.3 Å². The third kappa shape index (κ3) is 5.73. The van der Waals surface area contributed by atoms with Gasteiger partial charge in [0.2, 0.25) is 0 Å². The van der Waals surface area contributed by atoms with E-state index in [-0.39, 0.29) is 0 Å². The Kier molecular flexibility index (Phi) is 6.43. The van der Waals surface area contributed by atoms with Gasteiger partial charge in [0, 0.05) is 10.7 Å². The van der Waals surface area contributed by atoms with Crippen molar-refractivity contribution in [1.29, 1.82) is 5.26 Å². The van der Waals surface area contributed by atoms with E-state index < -0.39 is 23.6 Å². The average molecular weight is 387 g/mol. The zero-order valence-electron chi connectivity index (χ0n) is 15.2. The van der Waals surface area contributed by atoms with Gasteiger partial charge >= 0.3 is 5.97 Å². The van der Waals surface area contributed by atoms with Crippen LogP contribution in [0.15, 0.2) is 48.5 Å². The number of rotatable bonds is 6. The van der Waals surface area contributed by atoms with Gasteiger partial charge in [0.25, 0.3) is 5.91 Å². The molecule has 0 aliphatic heterocycles. The SMILES string of the molecule is C[C@H](OC(=O)C(C)(C)Oc1ccc(Cl)cc1)C(=O)Nc1ccc(C#N)cc1. The van der Waals surface area contributed by atoms with Gasteiger partial charge in [-0.05, 0) is 69.3 Å². The van der Waals surface area contributed by atoms with E-state index in [9.17, 15) is 9.59 Å². The molecule has 0 saturated heterocycles. The summed E-state index contributed by atoms with van der Waals surface area (Å²) in [5, 5.41) is 12.0. The second-order valence-electron chi connectivity index (χ2n) is 6.29. The number of hydrogen-bond acceptors (Lipinski definition) is 5. The highest BCUT2D eigenvalue weighted by Gasteiger charge is 2.34. The molecule has 7 heteroatoms. The molecule has 0 saturated carbocycles. The largest absolute Gasteiger partial charge is 0.476 e. The predicted octanol–water partition coefficient (Wildman–Crippen LogP) is 3.94. The number of nitrogens with zero attached hydrogens (tertiary/aromatic N) is 1. The minimum Gasteiger partial charge on any atom is -0.476 e. The van der Waals surface area contributed by atoms with E-state index in [1.807, 2.05) is 6.07 Å². The number of nitrogens with one attached hydrogen (secondary N) is 1. The quantitative estimate of drug-likeness (QED) is 0.759. The number of amides is 1. The van der Waals surface area contributed by atoms with Gasteiger partial charge in [-0.25, -0.2) is 4.79 Å². The van der Waals surface area contributed by atoms with Crippen LogP contribution in [-0.2, 0) is 14.3 Å². The molecule has 1 amide bonds. The fourth-order valence-corrected chi connectivity index (χ4v) is 2.19. The van der Waals surface area contributed by atoms with Crippen molar-refractivity contribution in [2.75, 3.05) is 5.32 Å². The molecular formula is C20H19ClN2O4. The van der Waals surface area contributed by atoms with Gasteiger partial charge in [-0.15, -0.1) is 0 Å². The lowest BCUT2D eigenvalue weighted by Crippen LogP contribution is -2.43. The average Bonchev–Trinajstić information content (AvgIpc) is 2.64. The molecule has 0 heterocycles. The molecule has 1 atom stereocenters. The van der Waals surface area contributed by atoms with E-state index in [1.165, 1.54) is 6.92 Å². The summed E-state index contributed by atoms with van der Waals surface area (Å²) < 4.78 is 10.9. The number of esters is 1. The Bertz CT molecular complexity index is 855. The van der Waals surface area contributed by atoms with Crippen molar-refractivity contribution in [1.82, 2.24) is 0 Å². The Balaban J connectivity index is 1.94. The third-order valence-electron chi connectivity index (χ3n) is 3.61. The highest BCUT2D eigenvalue weighted by Crippen LogP contribution is 2.22. The number of carbonyl (C=O) groups is 2. The first-order valence-electron chi connectivity index (χ1n) is 8.18. The zero-order valence-corrected chi connectivity index (χ0v) is 15.9. The van der Waals surface area contributed by atoms with Crippen LogP contribution >= 0.6 is 11.6 Å². The molecule has 1 N–H and O–H groups in total. The summed E-state index contributed by atoms with van der Waals surface area (Å²) in [5.74, 6) is -0.716. The molecule has 0 aromatic heterocycles. The minimum atomic E-state index is -1.29. The fraction of sp³-hybridized carbons (Fsp3) is 0.250. The summed E-state index contributed by atoms with van der Waals surface area (Å²) >= 11 is 5.83. The van der Waals surface area contributed by atoms with Crippen LogP contribution in [0.4, 0.5) is 5.69 Å². The first-order valence-corrected chi connectivity index (χ1v) is 8.56. The molecule has 0 spiro atoms. The maximum absolute atomic E-state index is 12.4. The van der Waals surface area contributed by atoms with Crippen LogP contribution in [0.3, 0.4) is 0 Å².